The van der Waals surface area contributed by atoms with Crippen molar-refractivity contribution in [3.63, 3.8) is 0 Å². The van der Waals surface area contributed by atoms with Gasteiger partial charge in [-0.2, -0.15) is 0 Å². The highest BCUT2D eigenvalue weighted by molar-refractivity contribution is 6.30. The van der Waals surface area contributed by atoms with Crippen molar-refractivity contribution < 1.29 is 28.3 Å². The number of nitrogens with zero attached hydrogens (tertiary/aromatic N) is 1. The molecular formula is C22H23ClFN3O5. The molecule has 2 aromatic rings. The van der Waals surface area contributed by atoms with Gasteiger partial charge in [0.2, 0.25) is 5.91 Å². The molecule has 0 radical (unpaired) electrons. The molecule has 8 nitrogen and oxygen atoms in total. The van der Waals surface area contributed by atoms with Crippen LogP contribution in [0.5, 0.6) is 0 Å². The Morgan fingerprint density at radius 2 is 1.66 bits per heavy atom. The summed E-state index contributed by atoms with van der Waals surface area (Å²) in [7, 11) is 0. The average Bonchev–Trinajstić information content (AvgIpc) is 2.76. The fourth-order valence-corrected chi connectivity index (χ4v) is 2.80. The summed E-state index contributed by atoms with van der Waals surface area (Å²) >= 11 is 5.78. The molecule has 0 aliphatic heterocycles. The van der Waals surface area contributed by atoms with Gasteiger partial charge in [-0.1, -0.05) is 11.6 Å². The van der Waals surface area contributed by atoms with Gasteiger partial charge in [0.1, 0.15) is 5.82 Å². The van der Waals surface area contributed by atoms with E-state index in [-0.39, 0.29) is 31.8 Å². The Kier molecular flexibility index (Phi) is 9.62. The Balaban J connectivity index is 1.77. The normalized spacial score (nSPS) is 10.3. The first kappa shape index (κ1) is 24.8. The van der Waals surface area contributed by atoms with Gasteiger partial charge in [0.25, 0.3) is 11.8 Å². The summed E-state index contributed by atoms with van der Waals surface area (Å²) in [6, 6.07) is 11.5. The number of amides is 3. The highest BCUT2D eigenvalue weighted by atomic mass is 35.5. The molecule has 0 aliphatic carbocycles. The number of nitrogens with one attached hydrogen (secondary N) is 1. The first-order valence-corrected chi connectivity index (χ1v) is 10.2. The Morgan fingerprint density at radius 3 is 2.28 bits per heavy atom. The molecule has 10 heteroatoms. The highest BCUT2D eigenvalue weighted by Crippen LogP contribution is 2.16. The molecule has 0 fully saturated rings. The Labute approximate surface area is 189 Å². The van der Waals surface area contributed by atoms with Crippen molar-refractivity contribution in [1.29, 1.82) is 0 Å². The fourth-order valence-electron chi connectivity index (χ4n) is 2.67. The molecule has 0 heterocycles. The SMILES string of the molecule is NC(=O)CCN(C(=O)COC(=O)CCCNC(=O)c1ccc(Cl)cc1)c1ccc(F)cc1. The third kappa shape index (κ3) is 8.35. The van der Waals surface area contributed by atoms with Crippen LogP contribution in [0.2, 0.25) is 5.02 Å². The number of carbonyl (C=O) groups is 4. The topological polar surface area (TPSA) is 119 Å². The number of halogens is 2. The molecule has 32 heavy (non-hydrogen) atoms. The number of carbonyl (C=O) groups excluding carboxylic acids is 4. The van der Waals surface area contributed by atoms with Gasteiger partial charge in [-0.05, 0) is 55.0 Å². The number of esters is 1. The van der Waals surface area contributed by atoms with Gasteiger partial charge in [-0.25, -0.2) is 4.39 Å². The summed E-state index contributed by atoms with van der Waals surface area (Å²) in [5.41, 5.74) is 5.93. The zero-order valence-electron chi connectivity index (χ0n) is 17.2. The van der Waals surface area contributed by atoms with Crippen molar-refractivity contribution in [1.82, 2.24) is 5.32 Å². The van der Waals surface area contributed by atoms with Crippen LogP contribution in [0.25, 0.3) is 0 Å². The third-order valence-electron chi connectivity index (χ3n) is 4.33. The Hall–Kier alpha value is -3.46. The largest absolute Gasteiger partial charge is 0.456 e. The summed E-state index contributed by atoms with van der Waals surface area (Å²) in [6.45, 7) is -0.342. The van der Waals surface area contributed by atoms with Crippen LogP contribution in [-0.2, 0) is 19.1 Å². The van der Waals surface area contributed by atoms with E-state index < -0.39 is 30.2 Å². The van der Waals surface area contributed by atoms with Gasteiger partial charge in [0, 0.05) is 42.2 Å². The van der Waals surface area contributed by atoms with Crippen LogP contribution < -0.4 is 16.0 Å². The van der Waals surface area contributed by atoms with E-state index in [1.807, 2.05) is 0 Å². The van der Waals surface area contributed by atoms with E-state index >= 15 is 0 Å². The lowest BCUT2D eigenvalue weighted by atomic mass is 10.2. The maximum Gasteiger partial charge on any atom is 0.306 e. The standard InChI is InChI=1S/C22H23ClFN3O5/c23-16-5-3-15(4-6-16)22(31)26-12-1-2-21(30)32-14-20(29)27(13-11-19(25)28)18-9-7-17(24)8-10-18/h3-10H,1-2,11-14H2,(H2,25,28)(H,26,31). The molecule has 2 aromatic carbocycles. The predicted octanol–water partition coefficient (Wildman–Crippen LogP) is 2.44. The first-order chi connectivity index (χ1) is 15.3. The summed E-state index contributed by atoms with van der Waals surface area (Å²) in [5.74, 6) is -2.59. The lowest BCUT2D eigenvalue weighted by Gasteiger charge is -2.22. The van der Waals surface area contributed by atoms with E-state index in [0.29, 0.717) is 22.7 Å². The van der Waals surface area contributed by atoms with E-state index in [2.05, 4.69) is 5.32 Å². The molecular weight excluding hydrogens is 441 g/mol. The molecule has 0 bridgehead atoms. The number of primary amides is 1. The van der Waals surface area contributed by atoms with Gasteiger partial charge in [0.05, 0.1) is 0 Å². The molecule has 3 amide bonds. The quantitative estimate of drug-likeness (QED) is 0.392. The van der Waals surface area contributed by atoms with Gasteiger partial charge >= 0.3 is 5.97 Å². The number of hydrogen-bond acceptors (Lipinski definition) is 5. The van der Waals surface area contributed by atoms with Crippen LogP contribution in [0.3, 0.4) is 0 Å². The van der Waals surface area contributed by atoms with Crippen molar-refractivity contribution in [2.45, 2.75) is 19.3 Å². The molecule has 0 aliphatic rings. The third-order valence-corrected chi connectivity index (χ3v) is 4.58. The van der Waals surface area contributed by atoms with Crippen LogP contribution in [0.15, 0.2) is 48.5 Å². The minimum Gasteiger partial charge on any atom is -0.456 e. The number of ether oxygens (including phenoxy) is 1. The van der Waals surface area contributed by atoms with Crippen molar-refractivity contribution >= 4 is 41.0 Å². The summed E-state index contributed by atoms with van der Waals surface area (Å²) < 4.78 is 18.1. The number of benzene rings is 2. The first-order valence-electron chi connectivity index (χ1n) is 9.80. The molecule has 0 aromatic heterocycles. The van der Waals surface area contributed by atoms with Gasteiger partial charge in [-0.15, -0.1) is 0 Å². The molecule has 0 saturated heterocycles. The van der Waals surface area contributed by atoms with E-state index in [1.54, 1.807) is 24.3 Å². The number of nitrogens with two attached hydrogens (primary N) is 1. The second-order valence-electron chi connectivity index (χ2n) is 6.77. The summed E-state index contributed by atoms with van der Waals surface area (Å²) in [5, 5.41) is 3.19. The fraction of sp³-hybridized carbons (Fsp3) is 0.273. The second-order valence-corrected chi connectivity index (χ2v) is 7.20. The van der Waals surface area contributed by atoms with Gasteiger partial charge in [-0.3, -0.25) is 19.2 Å². The smallest absolute Gasteiger partial charge is 0.306 e. The number of anilines is 1. The predicted molar refractivity (Wildman–Crippen MR) is 117 cm³/mol. The molecule has 170 valence electrons. The highest BCUT2D eigenvalue weighted by Gasteiger charge is 2.18. The van der Waals surface area contributed by atoms with Crippen LogP contribution in [0.1, 0.15) is 29.6 Å². The molecule has 0 saturated carbocycles. The van der Waals surface area contributed by atoms with Crippen LogP contribution in [0.4, 0.5) is 10.1 Å². The molecule has 3 N–H and O–H groups in total. The molecule has 0 atom stereocenters. The Morgan fingerprint density at radius 1 is 1.00 bits per heavy atom. The summed E-state index contributed by atoms with van der Waals surface area (Å²) in [6.07, 6.45) is 0.200. The number of hydrogen-bond donors (Lipinski definition) is 2. The van der Waals surface area contributed by atoms with Gasteiger partial charge in [0.15, 0.2) is 6.61 Å². The van der Waals surface area contributed by atoms with Gasteiger partial charge < -0.3 is 20.7 Å². The van der Waals surface area contributed by atoms with Crippen LogP contribution >= 0.6 is 11.6 Å². The van der Waals surface area contributed by atoms with Crippen LogP contribution in [0, 0.1) is 5.82 Å². The van der Waals surface area contributed by atoms with Crippen molar-refractivity contribution in [2.75, 3.05) is 24.6 Å². The summed E-state index contributed by atoms with van der Waals surface area (Å²) in [4.78, 5) is 48.7. The maximum absolute atomic E-state index is 13.2. The lowest BCUT2D eigenvalue weighted by molar-refractivity contribution is -0.148. The average molecular weight is 464 g/mol. The second kappa shape index (κ2) is 12.4. The molecule has 0 unspecified atom stereocenters. The van der Waals surface area contributed by atoms with Crippen molar-refractivity contribution in [3.8, 4) is 0 Å². The van der Waals surface area contributed by atoms with E-state index in [0.717, 1.165) is 0 Å². The molecule has 2 rings (SSSR count). The zero-order valence-corrected chi connectivity index (χ0v) is 17.9. The Bertz CT molecular complexity index is 951. The minimum absolute atomic E-state index is 0.00792. The van der Waals surface area contributed by atoms with Crippen LogP contribution in [-0.4, -0.2) is 43.4 Å². The van der Waals surface area contributed by atoms with E-state index in [4.69, 9.17) is 22.1 Å². The maximum atomic E-state index is 13.2. The lowest BCUT2D eigenvalue weighted by Crippen LogP contribution is -2.37. The van der Waals surface area contributed by atoms with Crippen molar-refractivity contribution in [3.05, 3.63) is 64.9 Å². The monoisotopic (exact) mass is 463 g/mol. The zero-order chi connectivity index (χ0) is 23.5. The van der Waals surface area contributed by atoms with Crippen molar-refractivity contribution in [2.24, 2.45) is 5.73 Å². The van der Waals surface area contributed by atoms with E-state index in [1.165, 1.54) is 29.2 Å². The van der Waals surface area contributed by atoms with E-state index in [9.17, 15) is 23.6 Å². The minimum atomic E-state index is -0.618. The molecule has 0 spiro atoms. The number of rotatable bonds is 11.